The standard InChI is InChI=1S/C17H22N4O3S2/c1-12(2)10-19-26(23,24)15-5-3-13(4-6-15)20-16(22)9-14-11-25-17-18-7-8-21(14)17/h3-6,11-12,19H,7-10H2,1-2H3,(H,20,22). The summed E-state index contributed by atoms with van der Waals surface area (Å²) in [6.07, 6.45) is 0.266. The third-order valence-electron chi connectivity index (χ3n) is 3.92. The van der Waals surface area contributed by atoms with Crippen LogP contribution in [0.4, 0.5) is 5.69 Å². The van der Waals surface area contributed by atoms with Crippen molar-refractivity contribution >= 4 is 38.5 Å². The van der Waals surface area contributed by atoms with Crippen LogP contribution in [0.15, 0.2) is 45.3 Å². The van der Waals surface area contributed by atoms with Gasteiger partial charge in [-0.3, -0.25) is 9.79 Å². The largest absolute Gasteiger partial charge is 0.326 e. The van der Waals surface area contributed by atoms with Gasteiger partial charge in [-0.2, -0.15) is 0 Å². The summed E-state index contributed by atoms with van der Waals surface area (Å²) < 4.78 is 26.9. The molecule has 2 N–H and O–H groups in total. The second-order valence-electron chi connectivity index (χ2n) is 6.54. The van der Waals surface area contributed by atoms with Gasteiger partial charge >= 0.3 is 0 Å². The van der Waals surface area contributed by atoms with Gasteiger partial charge in [0, 0.05) is 24.5 Å². The first-order valence-corrected chi connectivity index (χ1v) is 10.8. The molecule has 1 aromatic rings. The molecule has 26 heavy (non-hydrogen) atoms. The van der Waals surface area contributed by atoms with Crippen LogP contribution in [0.5, 0.6) is 0 Å². The number of hydrogen-bond donors (Lipinski definition) is 2. The number of amidine groups is 1. The first kappa shape index (κ1) is 18.9. The van der Waals surface area contributed by atoms with E-state index in [0.29, 0.717) is 12.2 Å². The molecule has 7 nitrogen and oxygen atoms in total. The Labute approximate surface area is 158 Å². The van der Waals surface area contributed by atoms with E-state index in [9.17, 15) is 13.2 Å². The van der Waals surface area contributed by atoms with Crippen molar-refractivity contribution in [1.82, 2.24) is 9.62 Å². The Morgan fingerprint density at radius 2 is 2.04 bits per heavy atom. The second kappa shape index (κ2) is 7.81. The lowest BCUT2D eigenvalue weighted by Gasteiger charge is -2.16. The lowest BCUT2D eigenvalue weighted by Crippen LogP contribution is -2.27. The number of thioether (sulfide) groups is 1. The maximum atomic E-state index is 12.3. The van der Waals surface area contributed by atoms with Gasteiger partial charge in [-0.25, -0.2) is 13.1 Å². The molecule has 1 amide bonds. The summed E-state index contributed by atoms with van der Waals surface area (Å²) in [7, 11) is -3.52. The van der Waals surface area contributed by atoms with Crippen molar-refractivity contribution < 1.29 is 13.2 Å². The number of rotatable bonds is 7. The van der Waals surface area contributed by atoms with Crippen LogP contribution in [0.1, 0.15) is 20.3 Å². The van der Waals surface area contributed by atoms with E-state index in [1.165, 1.54) is 12.1 Å². The molecule has 2 heterocycles. The zero-order chi connectivity index (χ0) is 18.7. The smallest absolute Gasteiger partial charge is 0.240 e. The molecule has 140 valence electrons. The molecule has 9 heteroatoms. The number of anilines is 1. The summed E-state index contributed by atoms with van der Waals surface area (Å²) in [5, 5.41) is 5.71. The minimum atomic E-state index is -3.52. The van der Waals surface area contributed by atoms with Crippen LogP contribution < -0.4 is 10.0 Å². The minimum absolute atomic E-state index is 0.140. The number of amides is 1. The van der Waals surface area contributed by atoms with Crippen LogP contribution >= 0.6 is 11.8 Å². The van der Waals surface area contributed by atoms with E-state index in [-0.39, 0.29) is 23.1 Å². The third kappa shape index (κ3) is 4.46. The van der Waals surface area contributed by atoms with E-state index in [2.05, 4.69) is 19.9 Å². The Balaban J connectivity index is 1.57. The molecule has 0 atom stereocenters. The van der Waals surface area contributed by atoms with E-state index < -0.39 is 10.0 Å². The average molecular weight is 395 g/mol. The van der Waals surface area contributed by atoms with Crippen LogP contribution in [0.25, 0.3) is 0 Å². The monoisotopic (exact) mass is 394 g/mol. The van der Waals surface area contributed by atoms with Crippen LogP contribution in [-0.2, 0) is 14.8 Å². The van der Waals surface area contributed by atoms with E-state index in [4.69, 9.17) is 0 Å². The molecule has 0 aromatic heterocycles. The SMILES string of the molecule is CC(C)CNS(=O)(=O)c1ccc(NC(=O)CC2=CSC3=NCCN23)cc1. The number of carbonyl (C=O) groups is 1. The topological polar surface area (TPSA) is 90.9 Å². The fourth-order valence-corrected chi connectivity index (χ4v) is 4.73. The van der Waals surface area contributed by atoms with Gasteiger partial charge < -0.3 is 10.2 Å². The lowest BCUT2D eigenvalue weighted by molar-refractivity contribution is -0.115. The number of nitrogens with one attached hydrogen (secondary N) is 2. The molecule has 2 aliphatic rings. The summed E-state index contributed by atoms with van der Waals surface area (Å²) in [4.78, 5) is 18.9. The van der Waals surface area contributed by atoms with Gasteiger partial charge in [-0.15, -0.1) is 0 Å². The highest BCUT2D eigenvalue weighted by atomic mass is 32.2. The molecule has 0 fully saturated rings. The number of hydrogen-bond acceptors (Lipinski definition) is 6. The van der Waals surface area contributed by atoms with E-state index in [1.54, 1.807) is 23.9 Å². The number of carbonyl (C=O) groups excluding carboxylic acids is 1. The van der Waals surface area contributed by atoms with Crippen molar-refractivity contribution in [1.29, 1.82) is 0 Å². The van der Waals surface area contributed by atoms with E-state index in [0.717, 1.165) is 24.0 Å². The Kier molecular flexibility index (Phi) is 5.69. The van der Waals surface area contributed by atoms with E-state index in [1.807, 2.05) is 19.3 Å². The van der Waals surface area contributed by atoms with Gasteiger partial charge in [0.25, 0.3) is 0 Å². The Hall–Kier alpha value is -1.84. The van der Waals surface area contributed by atoms with Crippen molar-refractivity contribution in [2.75, 3.05) is 25.0 Å². The van der Waals surface area contributed by atoms with Crippen molar-refractivity contribution in [2.24, 2.45) is 10.9 Å². The Morgan fingerprint density at radius 1 is 1.31 bits per heavy atom. The molecule has 3 rings (SSSR count). The normalized spacial score (nSPS) is 16.5. The summed E-state index contributed by atoms with van der Waals surface area (Å²) in [6, 6.07) is 6.19. The lowest BCUT2D eigenvalue weighted by atomic mass is 10.2. The van der Waals surface area contributed by atoms with Crippen molar-refractivity contribution in [3.05, 3.63) is 35.4 Å². The molecule has 0 saturated carbocycles. The van der Waals surface area contributed by atoms with Crippen LogP contribution in [0, 0.1) is 5.92 Å². The highest BCUT2D eigenvalue weighted by Gasteiger charge is 2.27. The number of fused-ring (bicyclic) bond motifs is 1. The van der Waals surface area contributed by atoms with Crippen molar-refractivity contribution in [2.45, 2.75) is 25.2 Å². The van der Waals surface area contributed by atoms with Gasteiger partial charge in [0.1, 0.15) is 0 Å². The summed E-state index contributed by atoms with van der Waals surface area (Å²) in [5.41, 5.74) is 1.51. The molecule has 0 radical (unpaired) electrons. The zero-order valence-electron chi connectivity index (χ0n) is 14.7. The second-order valence-corrected chi connectivity index (χ2v) is 9.14. The van der Waals surface area contributed by atoms with Crippen molar-refractivity contribution in [3.63, 3.8) is 0 Å². The van der Waals surface area contributed by atoms with Gasteiger partial charge in [0.2, 0.25) is 15.9 Å². The fraction of sp³-hybridized carbons (Fsp3) is 0.412. The summed E-state index contributed by atoms with van der Waals surface area (Å²) in [6.45, 7) is 5.85. The molecular formula is C17H22N4O3S2. The zero-order valence-corrected chi connectivity index (χ0v) is 16.4. The van der Waals surface area contributed by atoms with Crippen LogP contribution in [-0.4, -0.2) is 44.0 Å². The highest BCUT2D eigenvalue weighted by Crippen LogP contribution is 2.31. The Morgan fingerprint density at radius 3 is 2.73 bits per heavy atom. The van der Waals surface area contributed by atoms with Crippen LogP contribution in [0.2, 0.25) is 0 Å². The molecule has 0 unspecified atom stereocenters. The number of aliphatic imine (C=N–C) groups is 1. The van der Waals surface area contributed by atoms with Crippen LogP contribution in [0.3, 0.4) is 0 Å². The minimum Gasteiger partial charge on any atom is -0.326 e. The first-order valence-electron chi connectivity index (χ1n) is 8.42. The molecule has 1 aromatic carbocycles. The predicted molar refractivity (Wildman–Crippen MR) is 104 cm³/mol. The van der Waals surface area contributed by atoms with Gasteiger partial charge in [0.15, 0.2) is 5.17 Å². The highest BCUT2D eigenvalue weighted by molar-refractivity contribution is 8.16. The van der Waals surface area contributed by atoms with Gasteiger partial charge in [-0.1, -0.05) is 25.6 Å². The summed E-state index contributed by atoms with van der Waals surface area (Å²) in [5.74, 6) is 0.0890. The number of benzene rings is 1. The van der Waals surface area contributed by atoms with Gasteiger partial charge in [0.05, 0.1) is 17.9 Å². The van der Waals surface area contributed by atoms with E-state index >= 15 is 0 Å². The molecule has 0 saturated heterocycles. The molecule has 0 spiro atoms. The fourth-order valence-electron chi connectivity index (χ4n) is 2.56. The number of sulfonamides is 1. The average Bonchev–Trinajstić information content (AvgIpc) is 3.19. The molecule has 2 aliphatic heterocycles. The van der Waals surface area contributed by atoms with Crippen molar-refractivity contribution in [3.8, 4) is 0 Å². The quantitative estimate of drug-likeness (QED) is 0.740. The third-order valence-corrected chi connectivity index (χ3v) is 6.31. The Bertz CT molecular complexity index is 845. The van der Waals surface area contributed by atoms with Gasteiger partial charge in [-0.05, 0) is 35.6 Å². The number of nitrogens with zero attached hydrogens (tertiary/aromatic N) is 2. The maximum absolute atomic E-state index is 12.3. The molecule has 0 aliphatic carbocycles. The maximum Gasteiger partial charge on any atom is 0.240 e. The molecular weight excluding hydrogens is 372 g/mol. The summed E-state index contributed by atoms with van der Waals surface area (Å²) >= 11 is 1.54. The first-order chi connectivity index (χ1) is 12.3. The molecule has 0 bridgehead atoms. The predicted octanol–water partition coefficient (Wildman–Crippen LogP) is 2.21.